The van der Waals surface area contributed by atoms with E-state index in [1.54, 1.807) is 0 Å². The highest BCUT2D eigenvalue weighted by molar-refractivity contribution is 5.51. The van der Waals surface area contributed by atoms with Crippen molar-refractivity contribution in [2.75, 3.05) is 7.11 Å². The quantitative estimate of drug-likeness (QED) is 0.828. The molecule has 0 aliphatic heterocycles. The average Bonchev–Trinajstić information content (AvgIpc) is 2.19. The van der Waals surface area contributed by atoms with Crippen LogP contribution < -0.4 is 9.47 Å². The molecule has 1 rings (SSSR count). The first kappa shape index (κ1) is 12.4. The first-order valence-electron chi connectivity index (χ1n) is 4.00. The number of aromatic nitrogens is 1. The highest BCUT2D eigenvalue weighted by atomic mass is 19.4. The van der Waals surface area contributed by atoms with Gasteiger partial charge in [0.2, 0.25) is 5.75 Å². The minimum absolute atomic E-state index is 0.167. The van der Waals surface area contributed by atoms with Gasteiger partial charge in [-0.15, -0.1) is 13.2 Å². The monoisotopic (exact) mass is 239 g/mol. The number of hydrogen-bond acceptors (Lipinski definition) is 5. The van der Waals surface area contributed by atoms with Crippen molar-refractivity contribution in [3.63, 3.8) is 0 Å². The fraction of sp³-hybridized carbons (Fsp3) is 0.375. The summed E-state index contributed by atoms with van der Waals surface area (Å²) in [4.78, 5) is 3.49. The smallest absolute Gasteiger partial charge is 0.503 e. The fourth-order valence-electron chi connectivity index (χ4n) is 1.04. The molecule has 1 aromatic rings. The van der Waals surface area contributed by atoms with Crippen molar-refractivity contribution in [2.24, 2.45) is 0 Å². The highest BCUT2D eigenvalue weighted by Gasteiger charge is 2.34. The third kappa shape index (κ3) is 2.66. The summed E-state index contributed by atoms with van der Waals surface area (Å²) in [5.74, 6) is -2.21. The number of ether oxygens (including phenoxy) is 2. The van der Waals surface area contributed by atoms with Crippen molar-refractivity contribution in [3.05, 3.63) is 11.9 Å². The number of aliphatic hydroxyl groups is 1. The highest BCUT2D eigenvalue weighted by Crippen LogP contribution is 2.40. The lowest BCUT2D eigenvalue weighted by atomic mass is 10.3. The van der Waals surface area contributed by atoms with Crippen LogP contribution in [-0.4, -0.2) is 28.7 Å². The predicted octanol–water partition coefficient (Wildman–Crippen LogP) is 1.19. The Morgan fingerprint density at radius 2 is 2.00 bits per heavy atom. The van der Waals surface area contributed by atoms with Crippen LogP contribution in [0.15, 0.2) is 6.20 Å². The number of pyridine rings is 1. The van der Waals surface area contributed by atoms with E-state index in [1.807, 2.05) is 0 Å². The van der Waals surface area contributed by atoms with E-state index in [-0.39, 0.29) is 5.69 Å². The normalized spacial score (nSPS) is 11.3. The molecule has 8 heteroatoms. The number of hydrogen-bond donors (Lipinski definition) is 2. The molecule has 1 heterocycles. The Bertz CT molecular complexity index is 380. The maximum Gasteiger partial charge on any atom is 0.573 e. The Kier molecular flexibility index (Phi) is 3.43. The van der Waals surface area contributed by atoms with E-state index in [4.69, 9.17) is 10.2 Å². The zero-order chi connectivity index (χ0) is 12.3. The van der Waals surface area contributed by atoms with Crippen molar-refractivity contribution >= 4 is 0 Å². The van der Waals surface area contributed by atoms with E-state index >= 15 is 0 Å². The van der Waals surface area contributed by atoms with E-state index in [1.165, 1.54) is 0 Å². The van der Waals surface area contributed by atoms with Gasteiger partial charge in [-0.1, -0.05) is 0 Å². The molecule has 0 saturated heterocycles. The molecule has 0 fully saturated rings. The number of alkyl halides is 3. The molecule has 0 spiro atoms. The molecule has 0 unspecified atom stereocenters. The molecule has 0 amide bonds. The van der Waals surface area contributed by atoms with Crippen molar-refractivity contribution in [2.45, 2.75) is 13.0 Å². The SMILES string of the molecule is COc1c(CO)ncc(O)c1OC(F)(F)F. The Morgan fingerprint density at radius 3 is 2.44 bits per heavy atom. The first-order valence-corrected chi connectivity index (χ1v) is 4.00. The maximum absolute atomic E-state index is 12.0. The summed E-state index contributed by atoms with van der Waals surface area (Å²) in [6, 6.07) is 0. The lowest BCUT2D eigenvalue weighted by Crippen LogP contribution is -2.18. The summed E-state index contributed by atoms with van der Waals surface area (Å²) in [6.45, 7) is -0.641. The van der Waals surface area contributed by atoms with Crippen molar-refractivity contribution in [1.29, 1.82) is 0 Å². The number of aromatic hydroxyl groups is 1. The van der Waals surface area contributed by atoms with Gasteiger partial charge in [-0.3, -0.25) is 4.98 Å². The van der Waals surface area contributed by atoms with Crippen LogP contribution in [0.2, 0.25) is 0 Å². The second-order valence-electron chi connectivity index (χ2n) is 2.66. The van der Waals surface area contributed by atoms with Gasteiger partial charge in [0.1, 0.15) is 5.69 Å². The molecule has 90 valence electrons. The molecule has 0 aliphatic carbocycles. The van der Waals surface area contributed by atoms with Crippen molar-refractivity contribution in [1.82, 2.24) is 4.98 Å². The van der Waals surface area contributed by atoms with Crippen LogP contribution in [0.4, 0.5) is 13.2 Å². The summed E-state index contributed by atoms with van der Waals surface area (Å²) < 4.78 is 44.2. The van der Waals surface area contributed by atoms with Gasteiger partial charge in [0.25, 0.3) is 0 Å². The molecule has 0 saturated carbocycles. The van der Waals surface area contributed by atoms with E-state index in [0.29, 0.717) is 0 Å². The van der Waals surface area contributed by atoms with Gasteiger partial charge in [-0.2, -0.15) is 0 Å². The number of rotatable bonds is 3. The lowest BCUT2D eigenvalue weighted by molar-refractivity contribution is -0.275. The minimum Gasteiger partial charge on any atom is -0.503 e. The zero-order valence-electron chi connectivity index (χ0n) is 8.08. The molecule has 0 aliphatic rings. The van der Waals surface area contributed by atoms with Gasteiger partial charge in [0.15, 0.2) is 11.5 Å². The van der Waals surface area contributed by atoms with Crippen LogP contribution >= 0.6 is 0 Å². The van der Waals surface area contributed by atoms with Crippen LogP contribution in [0.5, 0.6) is 17.2 Å². The fourth-order valence-corrected chi connectivity index (χ4v) is 1.04. The number of nitrogens with zero attached hydrogens (tertiary/aromatic N) is 1. The van der Waals surface area contributed by atoms with Crippen LogP contribution in [0.3, 0.4) is 0 Å². The van der Waals surface area contributed by atoms with Gasteiger partial charge in [0.05, 0.1) is 19.9 Å². The maximum atomic E-state index is 12.0. The van der Waals surface area contributed by atoms with Gasteiger partial charge in [-0.05, 0) is 0 Å². The van der Waals surface area contributed by atoms with Crippen LogP contribution in [0, 0.1) is 0 Å². The average molecular weight is 239 g/mol. The summed E-state index contributed by atoms with van der Waals surface area (Å²) in [6.07, 6.45) is -4.24. The van der Waals surface area contributed by atoms with Gasteiger partial charge >= 0.3 is 6.36 Å². The van der Waals surface area contributed by atoms with Crippen molar-refractivity contribution < 1.29 is 32.9 Å². The predicted molar refractivity (Wildman–Crippen MR) is 45.1 cm³/mol. The molecular formula is C8H8F3NO4. The Hall–Kier alpha value is -1.70. The summed E-state index contributed by atoms with van der Waals surface area (Å²) >= 11 is 0. The number of halogens is 3. The molecule has 2 N–H and O–H groups in total. The second-order valence-corrected chi connectivity index (χ2v) is 2.66. The molecule has 1 aromatic heterocycles. The van der Waals surface area contributed by atoms with E-state index in [9.17, 15) is 13.2 Å². The molecule has 0 bridgehead atoms. The minimum atomic E-state index is -4.97. The molecule has 0 aromatic carbocycles. The second kappa shape index (κ2) is 4.44. The van der Waals surface area contributed by atoms with Crippen LogP contribution in [0.25, 0.3) is 0 Å². The van der Waals surface area contributed by atoms with Crippen LogP contribution in [0.1, 0.15) is 5.69 Å². The molecule has 16 heavy (non-hydrogen) atoms. The number of aliphatic hydroxyl groups excluding tert-OH is 1. The first-order chi connectivity index (χ1) is 7.39. The Morgan fingerprint density at radius 1 is 1.38 bits per heavy atom. The Labute approximate surface area is 88.1 Å². The van der Waals surface area contributed by atoms with Gasteiger partial charge in [-0.25, -0.2) is 0 Å². The topological polar surface area (TPSA) is 71.8 Å². The third-order valence-corrected chi connectivity index (χ3v) is 1.62. The van der Waals surface area contributed by atoms with E-state index < -0.39 is 30.2 Å². The zero-order valence-corrected chi connectivity index (χ0v) is 8.08. The van der Waals surface area contributed by atoms with Gasteiger partial charge < -0.3 is 19.7 Å². The van der Waals surface area contributed by atoms with E-state index in [0.717, 1.165) is 13.3 Å². The van der Waals surface area contributed by atoms with E-state index in [2.05, 4.69) is 14.5 Å². The largest absolute Gasteiger partial charge is 0.573 e. The Balaban J connectivity index is 3.23. The summed E-state index contributed by atoms with van der Waals surface area (Å²) in [5.41, 5.74) is -0.167. The molecule has 5 nitrogen and oxygen atoms in total. The summed E-state index contributed by atoms with van der Waals surface area (Å²) in [5, 5.41) is 18.0. The van der Waals surface area contributed by atoms with Crippen molar-refractivity contribution in [3.8, 4) is 17.2 Å². The molecule has 0 radical (unpaired) electrons. The molecule has 0 atom stereocenters. The standard InChI is InChI=1S/C8H8F3NO4/c1-15-6-4(3-13)12-2-5(14)7(6)16-8(9,10)11/h2,13-14H,3H2,1H3. The van der Waals surface area contributed by atoms with Gasteiger partial charge in [0, 0.05) is 0 Å². The summed E-state index contributed by atoms with van der Waals surface area (Å²) in [7, 11) is 1.07. The molecular weight excluding hydrogens is 231 g/mol. The third-order valence-electron chi connectivity index (χ3n) is 1.62. The lowest BCUT2D eigenvalue weighted by Gasteiger charge is -2.15. The van der Waals surface area contributed by atoms with Crippen LogP contribution in [-0.2, 0) is 6.61 Å². The number of methoxy groups -OCH3 is 1.